The van der Waals surface area contributed by atoms with E-state index in [0.717, 1.165) is 17.9 Å². The first-order valence-electron chi connectivity index (χ1n) is 7.78. The number of sulfonamides is 1. The Morgan fingerprint density at radius 2 is 1.80 bits per heavy atom. The van der Waals surface area contributed by atoms with Gasteiger partial charge in [-0.2, -0.15) is 0 Å². The summed E-state index contributed by atoms with van der Waals surface area (Å²) in [6, 6.07) is 15.2. The number of amides is 1. The van der Waals surface area contributed by atoms with Crippen molar-refractivity contribution in [3.8, 4) is 0 Å². The molecule has 7 nitrogen and oxygen atoms in total. The topological polar surface area (TPSA) is 99.7 Å². The second-order valence-corrected chi connectivity index (χ2v) is 7.16. The number of aliphatic imine (C=N–C) groups is 1. The van der Waals surface area contributed by atoms with Gasteiger partial charge in [0, 0.05) is 12.1 Å². The molecular weight excluding hydrogens is 340 g/mol. The average Bonchev–Trinajstić information content (AvgIpc) is 3.16. The Labute approximate surface area is 146 Å². The van der Waals surface area contributed by atoms with Crippen molar-refractivity contribution >= 4 is 27.5 Å². The van der Waals surface area contributed by atoms with Crippen LogP contribution in [0.4, 0.5) is 5.69 Å². The molecule has 1 heterocycles. The zero-order valence-electron chi connectivity index (χ0n) is 13.4. The summed E-state index contributed by atoms with van der Waals surface area (Å²) < 4.78 is 26.6. The van der Waals surface area contributed by atoms with Gasteiger partial charge in [0.25, 0.3) is 0 Å². The predicted octanol–water partition coefficient (Wildman–Crippen LogP) is 0.953. The highest BCUT2D eigenvalue weighted by molar-refractivity contribution is 7.89. The molecule has 1 amide bonds. The van der Waals surface area contributed by atoms with Crippen molar-refractivity contribution in [1.82, 2.24) is 10.0 Å². The van der Waals surface area contributed by atoms with Crippen LogP contribution in [-0.4, -0.2) is 39.8 Å². The normalized spacial score (nSPS) is 13.8. The minimum atomic E-state index is -3.72. The molecule has 0 unspecified atom stereocenters. The molecule has 3 rings (SSSR count). The fourth-order valence-corrected chi connectivity index (χ4v) is 3.42. The van der Waals surface area contributed by atoms with Gasteiger partial charge in [-0.1, -0.05) is 30.3 Å². The number of hydrogen-bond donors (Lipinski definition) is 3. The zero-order chi connectivity index (χ0) is 17.7. The van der Waals surface area contributed by atoms with Crippen molar-refractivity contribution in [2.75, 3.05) is 25.0 Å². The Morgan fingerprint density at radius 1 is 1.08 bits per heavy atom. The molecule has 1 aliphatic heterocycles. The first-order chi connectivity index (χ1) is 12.1. The number of carbonyl (C=O) groups excluding carboxylic acids is 1. The molecule has 130 valence electrons. The first-order valence-corrected chi connectivity index (χ1v) is 9.27. The Kier molecular flexibility index (Phi) is 5.11. The number of amidine groups is 1. The molecule has 2 aromatic carbocycles. The molecule has 0 fully saturated rings. The third-order valence-corrected chi connectivity index (χ3v) is 5.02. The third kappa shape index (κ3) is 4.23. The van der Waals surface area contributed by atoms with Gasteiger partial charge >= 0.3 is 0 Å². The van der Waals surface area contributed by atoms with Crippen molar-refractivity contribution in [2.45, 2.75) is 4.90 Å². The molecule has 3 N–H and O–H groups in total. The minimum Gasteiger partial charge on any atom is -0.368 e. The predicted molar refractivity (Wildman–Crippen MR) is 96.1 cm³/mol. The summed E-state index contributed by atoms with van der Waals surface area (Å²) in [6.07, 6.45) is 0. The van der Waals surface area contributed by atoms with E-state index >= 15 is 0 Å². The van der Waals surface area contributed by atoms with Gasteiger partial charge in [-0.15, -0.1) is 0 Å². The van der Waals surface area contributed by atoms with E-state index in [9.17, 15) is 13.2 Å². The number of carbonyl (C=O) groups is 1. The van der Waals surface area contributed by atoms with E-state index in [1.54, 1.807) is 30.3 Å². The lowest BCUT2D eigenvalue weighted by Gasteiger charge is -2.12. The Balaban J connectivity index is 1.66. The van der Waals surface area contributed by atoms with Gasteiger partial charge in [-0.3, -0.25) is 9.79 Å². The lowest BCUT2D eigenvalue weighted by atomic mass is 10.1. The summed E-state index contributed by atoms with van der Waals surface area (Å²) in [5, 5.41) is 5.88. The minimum absolute atomic E-state index is 0.118. The Morgan fingerprint density at radius 3 is 2.52 bits per heavy atom. The summed E-state index contributed by atoms with van der Waals surface area (Å²) in [4.78, 5) is 16.6. The van der Waals surface area contributed by atoms with E-state index in [2.05, 4.69) is 20.3 Å². The number of benzene rings is 2. The maximum Gasteiger partial charge on any atom is 0.241 e. The summed E-state index contributed by atoms with van der Waals surface area (Å²) in [5.41, 5.74) is 1.36. The molecule has 2 aromatic rings. The van der Waals surface area contributed by atoms with Gasteiger partial charge in [-0.05, 0) is 24.3 Å². The highest BCUT2D eigenvalue weighted by atomic mass is 32.2. The molecule has 25 heavy (non-hydrogen) atoms. The van der Waals surface area contributed by atoms with Gasteiger partial charge in [0.1, 0.15) is 5.84 Å². The second kappa shape index (κ2) is 7.45. The number of rotatable bonds is 6. The van der Waals surface area contributed by atoms with Crippen LogP contribution in [0.1, 0.15) is 5.56 Å². The molecule has 0 atom stereocenters. The van der Waals surface area contributed by atoms with Crippen LogP contribution >= 0.6 is 0 Å². The molecule has 0 bridgehead atoms. The number of para-hydroxylation sites is 1. The van der Waals surface area contributed by atoms with E-state index in [1.165, 1.54) is 12.1 Å². The standard InChI is InChI=1S/C17H18N4O3S/c22-16(12-20-25(23,24)13-6-2-1-3-7-13)21-15-9-5-4-8-14(15)17-18-10-11-19-17/h1-9,20H,10-12H2,(H,18,19)(H,21,22). The largest absolute Gasteiger partial charge is 0.368 e. The molecule has 0 spiro atoms. The van der Waals surface area contributed by atoms with E-state index < -0.39 is 15.9 Å². The van der Waals surface area contributed by atoms with Crippen molar-refractivity contribution < 1.29 is 13.2 Å². The van der Waals surface area contributed by atoms with Gasteiger partial charge in [0.2, 0.25) is 15.9 Å². The molecule has 0 aromatic heterocycles. The molecule has 1 aliphatic rings. The fraction of sp³-hybridized carbons (Fsp3) is 0.176. The molecule has 8 heteroatoms. The molecule has 0 saturated carbocycles. The van der Waals surface area contributed by atoms with Crippen LogP contribution in [0.2, 0.25) is 0 Å². The first kappa shape index (κ1) is 17.1. The smallest absolute Gasteiger partial charge is 0.241 e. The van der Waals surface area contributed by atoms with Crippen LogP contribution in [0.15, 0.2) is 64.5 Å². The Hall–Kier alpha value is -2.71. The SMILES string of the molecule is O=C(CNS(=O)(=O)c1ccccc1)Nc1ccccc1C1=NCCN1. The highest BCUT2D eigenvalue weighted by Crippen LogP contribution is 2.16. The number of nitrogens with zero attached hydrogens (tertiary/aromatic N) is 1. The van der Waals surface area contributed by atoms with Crippen LogP contribution < -0.4 is 15.4 Å². The fourth-order valence-electron chi connectivity index (χ4n) is 2.41. The quantitative estimate of drug-likeness (QED) is 0.716. The Bertz CT molecular complexity index is 895. The lowest BCUT2D eigenvalue weighted by Crippen LogP contribution is -2.33. The number of hydrogen-bond acceptors (Lipinski definition) is 5. The summed E-state index contributed by atoms with van der Waals surface area (Å²) in [5.74, 6) is 0.270. The third-order valence-electron chi connectivity index (χ3n) is 3.61. The van der Waals surface area contributed by atoms with E-state index in [1.807, 2.05) is 12.1 Å². The van der Waals surface area contributed by atoms with Gasteiger partial charge in [0.15, 0.2) is 0 Å². The van der Waals surface area contributed by atoms with Crippen LogP contribution in [0, 0.1) is 0 Å². The molecule has 0 aliphatic carbocycles. The van der Waals surface area contributed by atoms with Crippen molar-refractivity contribution in [3.05, 3.63) is 60.2 Å². The highest BCUT2D eigenvalue weighted by Gasteiger charge is 2.17. The van der Waals surface area contributed by atoms with Crippen molar-refractivity contribution in [2.24, 2.45) is 4.99 Å². The van der Waals surface area contributed by atoms with Crippen LogP contribution in [-0.2, 0) is 14.8 Å². The summed E-state index contributed by atoms with van der Waals surface area (Å²) >= 11 is 0. The molecule has 0 saturated heterocycles. The monoisotopic (exact) mass is 358 g/mol. The van der Waals surface area contributed by atoms with Crippen LogP contribution in [0.3, 0.4) is 0 Å². The van der Waals surface area contributed by atoms with E-state index in [-0.39, 0.29) is 11.4 Å². The molecular formula is C17H18N4O3S. The zero-order valence-corrected chi connectivity index (χ0v) is 14.2. The molecule has 0 radical (unpaired) electrons. The van der Waals surface area contributed by atoms with Gasteiger partial charge < -0.3 is 10.6 Å². The lowest BCUT2D eigenvalue weighted by molar-refractivity contribution is -0.115. The summed E-state index contributed by atoms with van der Waals surface area (Å²) in [7, 11) is -3.72. The van der Waals surface area contributed by atoms with Crippen LogP contribution in [0.25, 0.3) is 0 Å². The maximum absolute atomic E-state index is 12.2. The average molecular weight is 358 g/mol. The van der Waals surface area contributed by atoms with Crippen molar-refractivity contribution in [1.29, 1.82) is 0 Å². The summed E-state index contributed by atoms with van der Waals surface area (Å²) in [6.45, 7) is 1.09. The number of anilines is 1. The van der Waals surface area contributed by atoms with Gasteiger partial charge in [0.05, 0.1) is 23.7 Å². The van der Waals surface area contributed by atoms with Crippen molar-refractivity contribution in [3.63, 3.8) is 0 Å². The maximum atomic E-state index is 12.2. The van der Waals surface area contributed by atoms with E-state index in [0.29, 0.717) is 12.2 Å². The van der Waals surface area contributed by atoms with Gasteiger partial charge in [-0.25, -0.2) is 13.1 Å². The second-order valence-electron chi connectivity index (χ2n) is 5.39. The van der Waals surface area contributed by atoms with Crippen LogP contribution in [0.5, 0.6) is 0 Å². The van der Waals surface area contributed by atoms with E-state index in [4.69, 9.17) is 0 Å². The number of nitrogens with one attached hydrogen (secondary N) is 3.